The van der Waals surface area contributed by atoms with Crippen LogP contribution in [0.5, 0.6) is 0 Å². The van der Waals surface area contributed by atoms with Crippen LogP contribution in [0.4, 0.5) is 0 Å². The monoisotopic (exact) mass is 622 g/mol. The lowest BCUT2D eigenvalue weighted by Crippen LogP contribution is -1.82. The van der Waals surface area contributed by atoms with E-state index in [2.05, 4.69) is 85.3 Å². The maximum absolute atomic E-state index is 2.44. The van der Waals surface area contributed by atoms with Crippen LogP contribution < -0.4 is 0 Å². The molecule has 0 spiro atoms. The van der Waals surface area contributed by atoms with Gasteiger partial charge < -0.3 is 0 Å². The number of aryl methyl sites for hydroxylation is 2. The van der Waals surface area contributed by atoms with E-state index in [4.69, 9.17) is 0 Å². The highest BCUT2D eigenvalue weighted by molar-refractivity contribution is 7.26. The molecule has 214 valence electrons. The van der Waals surface area contributed by atoms with E-state index in [9.17, 15) is 0 Å². The molecule has 0 radical (unpaired) electrons. The molecule has 0 saturated carbocycles. The van der Waals surface area contributed by atoms with Gasteiger partial charge in [0.15, 0.2) is 0 Å². The summed E-state index contributed by atoms with van der Waals surface area (Å²) in [5.41, 5.74) is 3.01. The summed E-state index contributed by atoms with van der Waals surface area (Å²) < 4.78 is 2.77. The van der Waals surface area contributed by atoms with E-state index in [1.807, 2.05) is 45.3 Å². The molecule has 0 aliphatic heterocycles. The van der Waals surface area contributed by atoms with Crippen LogP contribution in [0, 0.1) is 0 Å². The Labute approximate surface area is 265 Å². The SMILES string of the molecule is CCCCCCc1csc(-c2cc3c(ccc4c3ccc3c5cc(-c6cc(CCCCCC)cs6)sc5ccc34)s2)c1. The van der Waals surface area contributed by atoms with E-state index >= 15 is 0 Å². The molecule has 4 heteroatoms. The van der Waals surface area contributed by atoms with Crippen LogP contribution in [0.1, 0.15) is 76.3 Å². The summed E-state index contributed by atoms with van der Waals surface area (Å²) in [6.07, 6.45) is 13.0. The molecule has 0 bridgehead atoms. The molecule has 0 saturated heterocycles. The number of unbranched alkanes of at least 4 members (excludes halogenated alkanes) is 6. The minimum absolute atomic E-state index is 1.21. The summed E-state index contributed by atoms with van der Waals surface area (Å²) in [5, 5.41) is 13.0. The zero-order valence-electron chi connectivity index (χ0n) is 24.6. The second-order valence-corrected chi connectivity index (χ2v) is 15.7. The van der Waals surface area contributed by atoms with Crippen molar-refractivity contribution in [3.05, 3.63) is 82.6 Å². The maximum atomic E-state index is 2.44. The van der Waals surface area contributed by atoms with Crippen LogP contribution >= 0.6 is 45.3 Å². The van der Waals surface area contributed by atoms with Crippen LogP contribution in [-0.2, 0) is 12.8 Å². The number of rotatable bonds is 12. The molecular formula is C38H38S4. The van der Waals surface area contributed by atoms with Crippen molar-refractivity contribution in [2.45, 2.75) is 78.1 Å². The molecule has 0 N–H and O–H groups in total. The molecule has 0 nitrogen and oxygen atoms in total. The van der Waals surface area contributed by atoms with E-state index < -0.39 is 0 Å². The molecule has 0 aliphatic carbocycles. The number of benzene rings is 3. The van der Waals surface area contributed by atoms with Gasteiger partial charge in [-0.05, 0) is 106 Å². The Bertz CT molecular complexity index is 1830. The molecule has 42 heavy (non-hydrogen) atoms. The minimum atomic E-state index is 1.21. The first-order valence-corrected chi connectivity index (χ1v) is 19.1. The standard InChI is InChI=1S/C38H38S4/c1-3-5-7-9-11-25-19-35(39-23-25)37-21-31-29-13-14-30-28(27(29)15-17-33(31)41-37)16-18-34-32(30)22-38(42-34)36-20-26(24-40-36)12-10-8-6-4-2/h13-24H,3-12H2,1-2H3. The van der Waals surface area contributed by atoms with Crippen LogP contribution in [0.2, 0.25) is 0 Å². The number of fused-ring (bicyclic) bond motifs is 7. The lowest BCUT2D eigenvalue weighted by Gasteiger charge is -2.06. The summed E-state index contributed by atoms with van der Waals surface area (Å²) in [5.74, 6) is 0. The predicted molar refractivity (Wildman–Crippen MR) is 195 cm³/mol. The lowest BCUT2D eigenvalue weighted by molar-refractivity contribution is 0.667. The van der Waals surface area contributed by atoms with Gasteiger partial charge in [0, 0.05) is 39.7 Å². The van der Waals surface area contributed by atoms with Crippen molar-refractivity contribution in [1.29, 1.82) is 0 Å². The van der Waals surface area contributed by atoms with Crippen LogP contribution in [0.15, 0.2) is 71.4 Å². The molecule has 7 rings (SSSR count). The van der Waals surface area contributed by atoms with Crippen LogP contribution in [0.3, 0.4) is 0 Å². The largest absolute Gasteiger partial charge is 0.143 e. The first-order chi connectivity index (χ1) is 20.7. The van der Waals surface area contributed by atoms with Crippen molar-refractivity contribution in [3.8, 4) is 19.5 Å². The Kier molecular flexibility index (Phi) is 8.50. The van der Waals surface area contributed by atoms with E-state index in [0.29, 0.717) is 0 Å². The van der Waals surface area contributed by atoms with Gasteiger partial charge in [-0.1, -0.05) is 76.6 Å². The molecule has 0 atom stereocenters. The van der Waals surface area contributed by atoms with E-state index in [1.165, 1.54) is 137 Å². The average Bonchev–Trinajstić information content (AvgIpc) is 3.82. The van der Waals surface area contributed by atoms with Crippen molar-refractivity contribution in [2.24, 2.45) is 0 Å². The fourth-order valence-corrected chi connectivity index (χ4v) is 10.5. The summed E-state index contributed by atoms with van der Waals surface area (Å²) in [4.78, 5) is 5.64. The molecule has 3 aromatic carbocycles. The number of thiophene rings is 4. The van der Waals surface area contributed by atoms with Gasteiger partial charge in [0.25, 0.3) is 0 Å². The van der Waals surface area contributed by atoms with Crippen molar-refractivity contribution >= 4 is 87.1 Å². The van der Waals surface area contributed by atoms with Gasteiger partial charge in [0.1, 0.15) is 0 Å². The second kappa shape index (κ2) is 12.6. The second-order valence-electron chi connectivity index (χ2n) is 11.7. The highest BCUT2D eigenvalue weighted by atomic mass is 32.1. The minimum Gasteiger partial charge on any atom is -0.143 e. The normalized spacial score (nSPS) is 12.0. The van der Waals surface area contributed by atoms with Crippen LogP contribution in [-0.4, -0.2) is 0 Å². The summed E-state index contributed by atoms with van der Waals surface area (Å²) >= 11 is 7.71. The Morgan fingerprint density at radius 3 is 1.31 bits per heavy atom. The van der Waals surface area contributed by atoms with E-state index in [0.717, 1.165) is 0 Å². The smallest absolute Gasteiger partial charge is 0.0455 e. The summed E-state index contributed by atoms with van der Waals surface area (Å²) in [7, 11) is 0. The third-order valence-corrected chi connectivity index (χ3v) is 13.2. The fourth-order valence-electron chi connectivity index (χ4n) is 6.29. The molecule has 0 fully saturated rings. The van der Waals surface area contributed by atoms with Crippen LogP contribution in [0.25, 0.3) is 61.2 Å². The van der Waals surface area contributed by atoms with Gasteiger partial charge in [0.2, 0.25) is 0 Å². The Morgan fingerprint density at radius 2 is 0.857 bits per heavy atom. The van der Waals surface area contributed by atoms with Crippen molar-refractivity contribution < 1.29 is 0 Å². The maximum Gasteiger partial charge on any atom is 0.0455 e. The molecule has 7 aromatic rings. The molecule has 4 heterocycles. The lowest BCUT2D eigenvalue weighted by atomic mass is 9.98. The molecule has 0 amide bonds. The topological polar surface area (TPSA) is 0 Å². The molecule has 0 aliphatic rings. The fraction of sp³-hybridized carbons (Fsp3) is 0.316. The Balaban J connectivity index is 1.19. The average molecular weight is 623 g/mol. The zero-order chi connectivity index (χ0) is 28.5. The molecule has 0 unspecified atom stereocenters. The predicted octanol–water partition coefficient (Wildman–Crippen LogP) is 14.1. The first-order valence-electron chi connectivity index (χ1n) is 15.7. The van der Waals surface area contributed by atoms with Crippen molar-refractivity contribution in [2.75, 3.05) is 0 Å². The van der Waals surface area contributed by atoms with E-state index in [1.54, 1.807) is 0 Å². The first kappa shape index (κ1) is 28.3. The third-order valence-electron chi connectivity index (χ3n) is 8.62. The number of hydrogen-bond donors (Lipinski definition) is 0. The highest BCUT2D eigenvalue weighted by Crippen LogP contribution is 2.44. The molecular weight excluding hydrogens is 585 g/mol. The summed E-state index contributed by atoms with van der Waals surface area (Å²) in [6, 6.07) is 23.9. The quantitative estimate of drug-likeness (QED) is 0.0939. The van der Waals surface area contributed by atoms with Gasteiger partial charge in [-0.3, -0.25) is 0 Å². The Hall–Kier alpha value is -2.50. The van der Waals surface area contributed by atoms with Gasteiger partial charge in [-0.2, -0.15) is 0 Å². The number of hydrogen-bond acceptors (Lipinski definition) is 4. The van der Waals surface area contributed by atoms with Crippen molar-refractivity contribution in [1.82, 2.24) is 0 Å². The van der Waals surface area contributed by atoms with E-state index in [-0.39, 0.29) is 0 Å². The van der Waals surface area contributed by atoms with Crippen molar-refractivity contribution in [3.63, 3.8) is 0 Å². The van der Waals surface area contributed by atoms with Gasteiger partial charge >= 0.3 is 0 Å². The third kappa shape index (κ3) is 5.59. The van der Waals surface area contributed by atoms with Gasteiger partial charge in [0.05, 0.1) is 0 Å². The summed E-state index contributed by atoms with van der Waals surface area (Å²) in [6.45, 7) is 4.57. The Morgan fingerprint density at radius 1 is 0.429 bits per heavy atom. The van der Waals surface area contributed by atoms with Gasteiger partial charge in [-0.25, -0.2) is 0 Å². The zero-order valence-corrected chi connectivity index (χ0v) is 27.9. The molecule has 4 aromatic heterocycles. The van der Waals surface area contributed by atoms with Gasteiger partial charge in [-0.15, -0.1) is 45.3 Å². The highest BCUT2D eigenvalue weighted by Gasteiger charge is 2.14.